The molecule has 0 saturated heterocycles. The van der Waals surface area contributed by atoms with E-state index in [0.717, 1.165) is 11.3 Å². The third-order valence-electron chi connectivity index (χ3n) is 3.54. The molecule has 2 aromatic rings. The van der Waals surface area contributed by atoms with Crippen molar-refractivity contribution in [2.24, 2.45) is 0 Å². The zero-order chi connectivity index (χ0) is 13.8. The van der Waals surface area contributed by atoms with Gasteiger partial charge in [0.05, 0.1) is 13.2 Å². The molecule has 0 bridgehead atoms. The summed E-state index contributed by atoms with van der Waals surface area (Å²) in [7, 11) is 1.64. The number of rotatable bonds is 4. The van der Waals surface area contributed by atoms with E-state index in [0.29, 0.717) is 6.42 Å². The molecule has 0 aromatic heterocycles. The van der Waals surface area contributed by atoms with Gasteiger partial charge in [-0.05, 0) is 48.2 Å². The predicted molar refractivity (Wildman–Crippen MR) is 77.6 cm³/mol. The number of ether oxygens (including phenoxy) is 1. The monoisotopic (exact) mass is 256 g/mol. The van der Waals surface area contributed by atoms with E-state index in [2.05, 4.69) is 26.0 Å². The molecule has 0 aliphatic carbocycles. The minimum Gasteiger partial charge on any atom is -0.497 e. The topological polar surface area (TPSA) is 29.5 Å². The molecule has 2 rings (SSSR count). The molecule has 2 nitrogen and oxygen atoms in total. The minimum atomic E-state index is -0.481. The Balaban J connectivity index is 2.18. The standard InChI is InChI=1S/C17H20O2/c1-12-5-4-6-13(2)16(12)11-17(18)14-7-9-15(19-3)10-8-14/h4-10,17-18H,11H2,1-3H3. The number of methoxy groups -OCH3 is 1. The fraction of sp³-hybridized carbons (Fsp3) is 0.294. The van der Waals surface area contributed by atoms with E-state index in [-0.39, 0.29) is 0 Å². The highest BCUT2D eigenvalue weighted by Gasteiger charge is 2.11. The van der Waals surface area contributed by atoms with E-state index in [4.69, 9.17) is 4.74 Å². The summed E-state index contributed by atoms with van der Waals surface area (Å²) in [6.45, 7) is 4.17. The summed E-state index contributed by atoms with van der Waals surface area (Å²) in [5.74, 6) is 0.808. The van der Waals surface area contributed by atoms with Gasteiger partial charge in [-0.25, -0.2) is 0 Å². The number of benzene rings is 2. The zero-order valence-corrected chi connectivity index (χ0v) is 11.7. The van der Waals surface area contributed by atoms with E-state index in [1.54, 1.807) is 7.11 Å². The van der Waals surface area contributed by atoms with Crippen LogP contribution in [0.1, 0.15) is 28.4 Å². The molecule has 19 heavy (non-hydrogen) atoms. The quantitative estimate of drug-likeness (QED) is 0.906. The molecule has 0 saturated carbocycles. The smallest absolute Gasteiger partial charge is 0.118 e. The van der Waals surface area contributed by atoms with Gasteiger partial charge in [0.25, 0.3) is 0 Å². The third kappa shape index (κ3) is 3.15. The van der Waals surface area contributed by atoms with Gasteiger partial charge in [-0.2, -0.15) is 0 Å². The van der Waals surface area contributed by atoms with E-state index in [1.165, 1.54) is 16.7 Å². The lowest BCUT2D eigenvalue weighted by molar-refractivity contribution is 0.178. The fourth-order valence-corrected chi connectivity index (χ4v) is 2.31. The van der Waals surface area contributed by atoms with Crippen LogP contribution in [0.3, 0.4) is 0 Å². The van der Waals surface area contributed by atoms with Crippen LogP contribution in [-0.2, 0) is 6.42 Å². The molecule has 0 aliphatic rings. The molecule has 0 spiro atoms. The summed E-state index contributed by atoms with van der Waals surface area (Å²) in [6, 6.07) is 13.8. The number of aryl methyl sites for hydroxylation is 2. The first-order chi connectivity index (χ1) is 9.11. The summed E-state index contributed by atoms with van der Waals surface area (Å²) in [6.07, 6.45) is 0.163. The summed E-state index contributed by atoms with van der Waals surface area (Å²) >= 11 is 0. The highest BCUT2D eigenvalue weighted by Crippen LogP contribution is 2.24. The Morgan fingerprint density at radius 3 is 2.11 bits per heavy atom. The van der Waals surface area contributed by atoms with Crippen molar-refractivity contribution in [1.82, 2.24) is 0 Å². The van der Waals surface area contributed by atoms with E-state index >= 15 is 0 Å². The van der Waals surface area contributed by atoms with Gasteiger partial charge in [0.2, 0.25) is 0 Å². The average Bonchev–Trinajstić information content (AvgIpc) is 2.43. The predicted octanol–water partition coefficient (Wildman–Crippen LogP) is 3.59. The van der Waals surface area contributed by atoms with Crippen LogP contribution in [-0.4, -0.2) is 12.2 Å². The van der Waals surface area contributed by atoms with Gasteiger partial charge in [0, 0.05) is 6.42 Å². The Kier molecular flexibility index (Phi) is 4.23. The number of aliphatic hydroxyl groups excluding tert-OH is 1. The lowest BCUT2D eigenvalue weighted by Gasteiger charge is -2.15. The van der Waals surface area contributed by atoms with Crippen LogP contribution in [0.25, 0.3) is 0 Å². The first kappa shape index (κ1) is 13.6. The first-order valence-corrected chi connectivity index (χ1v) is 6.49. The van der Waals surface area contributed by atoms with Crippen molar-refractivity contribution in [3.05, 3.63) is 64.7 Å². The van der Waals surface area contributed by atoms with Gasteiger partial charge < -0.3 is 9.84 Å². The number of hydrogen-bond donors (Lipinski definition) is 1. The van der Waals surface area contributed by atoms with Crippen molar-refractivity contribution in [3.8, 4) is 5.75 Å². The lowest BCUT2D eigenvalue weighted by atomic mass is 9.94. The molecule has 2 aromatic carbocycles. The summed E-state index contributed by atoms with van der Waals surface area (Å²) in [4.78, 5) is 0. The van der Waals surface area contributed by atoms with Gasteiger partial charge in [-0.1, -0.05) is 30.3 Å². The van der Waals surface area contributed by atoms with Crippen molar-refractivity contribution in [1.29, 1.82) is 0 Å². The molecular weight excluding hydrogens is 236 g/mol. The molecule has 1 atom stereocenters. The van der Waals surface area contributed by atoms with E-state index in [9.17, 15) is 5.11 Å². The van der Waals surface area contributed by atoms with Crippen molar-refractivity contribution in [2.75, 3.05) is 7.11 Å². The second-order valence-corrected chi connectivity index (χ2v) is 4.86. The maximum Gasteiger partial charge on any atom is 0.118 e. The van der Waals surface area contributed by atoms with Crippen molar-refractivity contribution >= 4 is 0 Å². The van der Waals surface area contributed by atoms with Gasteiger partial charge in [-0.15, -0.1) is 0 Å². The third-order valence-corrected chi connectivity index (χ3v) is 3.54. The highest BCUT2D eigenvalue weighted by molar-refractivity contribution is 5.36. The molecule has 1 N–H and O–H groups in total. The molecule has 0 amide bonds. The Bertz CT molecular complexity index is 523. The molecule has 2 heteroatoms. The second-order valence-electron chi connectivity index (χ2n) is 4.86. The van der Waals surface area contributed by atoms with Gasteiger partial charge in [0.15, 0.2) is 0 Å². The van der Waals surface area contributed by atoms with Gasteiger partial charge in [0.1, 0.15) is 5.75 Å². The van der Waals surface area contributed by atoms with Crippen LogP contribution < -0.4 is 4.74 Å². The number of aliphatic hydroxyl groups is 1. The van der Waals surface area contributed by atoms with E-state index in [1.807, 2.05) is 30.3 Å². The van der Waals surface area contributed by atoms with Crippen LogP contribution in [0.4, 0.5) is 0 Å². The summed E-state index contributed by atoms with van der Waals surface area (Å²) in [5, 5.41) is 10.3. The zero-order valence-electron chi connectivity index (χ0n) is 11.7. The Morgan fingerprint density at radius 2 is 1.58 bits per heavy atom. The Labute approximate surface area is 114 Å². The molecule has 0 radical (unpaired) electrons. The summed E-state index contributed by atoms with van der Waals surface area (Å²) in [5.41, 5.74) is 4.61. The largest absolute Gasteiger partial charge is 0.497 e. The Morgan fingerprint density at radius 1 is 1.00 bits per heavy atom. The van der Waals surface area contributed by atoms with Crippen LogP contribution in [0.15, 0.2) is 42.5 Å². The summed E-state index contributed by atoms with van der Waals surface area (Å²) < 4.78 is 5.12. The Hall–Kier alpha value is -1.80. The van der Waals surface area contributed by atoms with Gasteiger partial charge in [-0.3, -0.25) is 0 Å². The SMILES string of the molecule is COc1ccc(C(O)Cc2c(C)cccc2C)cc1. The molecule has 0 heterocycles. The maximum absolute atomic E-state index is 10.3. The highest BCUT2D eigenvalue weighted by atomic mass is 16.5. The molecule has 0 fully saturated rings. The fourth-order valence-electron chi connectivity index (χ4n) is 2.31. The molecule has 0 aliphatic heterocycles. The van der Waals surface area contributed by atoms with Crippen LogP contribution in [0.5, 0.6) is 5.75 Å². The molecular formula is C17H20O2. The maximum atomic E-state index is 10.3. The normalized spacial score (nSPS) is 12.2. The first-order valence-electron chi connectivity index (χ1n) is 6.49. The van der Waals surface area contributed by atoms with Gasteiger partial charge >= 0.3 is 0 Å². The molecule has 1 unspecified atom stereocenters. The van der Waals surface area contributed by atoms with Crippen LogP contribution in [0.2, 0.25) is 0 Å². The minimum absolute atomic E-state index is 0.481. The lowest BCUT2D eigenvalue weighted by Crippen LogP contribution is -2.04. The van der Waals surface area contributed by atoms with E-state index < -0.39 is 6.10 Å². The van der Waals surface area contributed by atoms with Crippen LogP contribution >= 0.6 is 0 Å². The molecule has 100 valence electrons. The average molecular weight is 256 g/mol. The van der Waals surface area contributed by atoms with Crippen molar-refractivity contribution in [3.63, 3.8) is 0 Å². The van der Waals surface area contributed by atoms with Crippen molar-refractivity contribution < 1.29 is 9.84 Å². The van der Waals surface area contributed by atoms with Crippen molar-refractivity contribution in [2.45, 2.75) is 26.4 Å². The second kappa shape index (κ2) is 5.89. The number of hydrogen-bond acceptors (Lipinski definition) is 2. The van der Waals surface area contributed by atoms with Crippen LogP contribution in [0, 0.1) is 13.8 Å².